The normalized spacial score (nSPS) is 12.1. The van der Waals surface area contributed by atoms with E-state index in [1.54, 1.807) is 19.1 Å². The Kier molecular flexibility index (Phi) is 5.36. The van der Waals surface area contributed by atoms with Crippen LogP contribution in [0.15, 0.2) is 12.1 Å². The quantitative estimate of drug-likeness (QED) is 0.884. The smallest absolute Gasteiger partial charge is 0.257 e. The molecule has 1 atom stereocenters. The fourth-order valence-electron chi connectivity index (χ4n) is 2.21. The lowest BCUT2D eigenvalue weighted by molar-refractivity contribution is 0.0774. The lowest BCUT2D eigenvalue weighted by Gasteiger charge is -2.22. The fourth-order valence-corrected chi connectivity index (χ4v) is 2.21. The maximum atomic E-state index is 12.5. The predicted molar refractivity (Wildman–Crippen MR) is 77.6 cm³/mol. The van der Waals surface area contributed by atoms with Crippen molar-refractivity contribution in [2.75, 3.05) is 27.2 Å². The Morgan fingerprint density at radius 3 is 2.58 bits per heavy atom. The van der Waals surface area contributed by atoms with Gasteiger partial charge in [0.2, 0.25) is 0 Å². The Labute approximate surface area is 115 Å². The van der Waals surface area contributed by atoms with Crippen LogP contribution >= 0.6 is 0 Å². The summed E-state index contributed by atoms with van der Waals surface area (Å²) in [5, 5.41) is 0. The summed E-state index contributed by atoms with van der Waals surface area (Å²) in [5.41, 5.74) is 8.25. The van der Waals surface area contributed by atoms with Crippen molar-refractivity contribution in [3.05, 3.63) is 28.8 Å². The molecule has 4 heteroatoms. The summed E-state index contributed by atoms with van der Waals surface area (Å²) in [4.78, 5) is 14.2. The number of benzene rings is 1. The highest BCUT2D eigenvalue weighted by Gasteiger charge is 2.19. The first-order valence-electron chi connectivity index (χ1n) is 6.51. The highest BCUT2D eigenvalue weighted by atomic mass is 16.5. The molecule has 19 heavy (non-hydrogen) atoms. The van der Waals surface area contributed by atoms with E-state index >= 15 is 0 Å². The van der Waals surface area contributed by atoms with Gasteiger partial charge in [-0.2, -0.15) is 0 Å². The van der Waals surface area contributed by atoms with Crippen molar-refractivity contribution in [2.24, 2.45) is 11.7 Å². The largest absolute Gasteiger partial charge is 0.496 e. The fraction of sp³-hybridized carbons (Fsp3) is 0.533. The van der Waals surface area contributed by atoms with Gasteiger partial charge in [-0.05, 0) is 43.5 Å². The van der Waals surface area contributed by atoms with Crippen LogP contribution in [0.2, 0.25) is 0 Å². The summed E-state index contributed by atoms with van der Waals surface area (Å²) < 4.78 is 5.36. The van der Waals surface area contributed by atoms with Crippen molar-refractivity contribution in [3.8, 4) is 5.75 Å². The molecule has 4 nitrogen and oxygen atoms in total. The number of carbonyl (C=O) groups excluding carboxylic acids is 1. The van der Waals surface area contributed by atoms with Crippen LogP contribution < -0.4 is 10.5 Å². The molecule has 1 unspecified atom stereocenters. The molecule has 0 aliphatic carbocycles. The standard InChI is InChI=1S/C15H24N2O2/c1-10-6-12(3)14(19-5)13(7-10)15(18)17(4)9-11(2)8-16/h6-7,11H,8-9,16H2,1-5H3. The van der Waals surface area contributed by atoms with Gasteiger partial charge in [0, 0.05) is 13.6 Å². The van der Waals surface area contributed by atoms with Gasteiger partial charge < -0.3 is 15.4 Å². The number of amides is 1. The van der Waals surface area contributed by atoms with E-state index in [-0.39, 0.29) is 11.8 Å². The van der Waals surface area contributed by atoms with Crippen LogP contribution in [0.5, 0.6) is 5.75 Å². The van der Waals surface area contributed by atoms with Gasteiger partial charge in [0.1, 0.15) is 5.75 Å². The van der Waals surface area contributed by atoms with Crippen LogP contribution in [-0.4, -0.2) is 38.1 Å². The number of hydrogen-bond acceptors (Lipinski definition) is 3. The van der Waals surface area contributed by atoms with E-state index < -0.39 is 0 Å². The SMILES string of the molecule is COc1c(C)cc(C)cc1C(=O)N(C)CC(C)CN. The molecule has 1 aromatic carbocycles. The zero-order valence-electron chi connectivity index (χ0n) is 12.5. The van der Waals surface area contributed by atoms with Crippen molar-refractivity contribution in [1.82, 2.24) is 4.90 Å². The molecule has 1 aromatic rings. The number of aryl methyl sites for hydroxylation is 2. The maximum Gasteiger partial charge on any atom is 0.257 e. The first kappa shape index (κ1) is 15.5. The van der Waals surface area contributed by atoms with Gasteiger partial charge in [-0.3, -0.25) is 4.79 Å². The van der Waals surface area contributed by atoms with Gasteiger partial charge in [-0.25, -0.2) is 0 Å². The molecule has 0 radical (unpaired) electrons. The Hall–Kier alpha value is -1.55. The Morgan fingerprint density at radius 1 is 1.42 bits per heavy atom. The molecule has 0 fully saturated rings. The minimum absolute atomic E-state index is 0.0241. The molecular weight excluding hydrogens is 240 g/mol. The number of hydrogen-bond donors (Lipinski definition) is 1. The van der Waals surface area contributed by atoms with Crippen LogP contribution in [0.3, 0.4) is 0 Å². The van der Waals surface area contributed by atoms with Crippen LogP contribution in [0.1, 0.15) is 28.4 Å². The summed E-state index contributed by atoms with van der Waals surface area (Å²) in [6.07, 6.45) is 0. The monoisotopic (exact) mass is 264 g/mol. The van der Waals surface area contributed by atoms with Gasteiger partial charge in [-0.1, -0.05) is 13.0 Å². The Bertz CT molecular complexity index is 458. The molecule has 106 valence electrons. The number of nitrogens with two attached hydrogens (primary N) is 1. The third-order valence-corrected chi connectivity index (χ3v) is 3.19. The molecule has 0 aliphatic heterocycles. The van der Waals surface area contributed by atoms with Crippen LogP contribution in [0.25, 0.3) is 0 Å². The van der Waals surface area contributed by atoms with Gasteiger partial charge in [-0.15, -0.1) is 0 Å². The number of ether oxygens (including phenoxy) is 1. The molecule has 0 aromatic heterocycles. The lowest BCUT2D eigenvalue weighted by atomic mass is 10.0. The second kappa shape index (κ2) is 6.57. The molecular formula is C15H24N2O2. The van der Waals surface area contributed by atoms with Crippen molar-refractivity contribution < 1.29 is 9.53 Å². The van der Waals surface area contributed by atoms with E-state index in [1.165, 1.54) is 0 Å². The number of nitrogens with zero attached hydrogens (tertiary/aromatic N) is 1. The van der Waals surface area contributed by atoms with E-state index in [0.29, 0.717) is 24.4 Å². The van der Waals surface area contributed by atoms with E-state index in [2.05, 4.69) is 0 Å². The average molecular weight is 264 g/mol. The number of rotatable bonds is 5. The minimum atomic E-state index is -0.0241. The Morgan fingerprint density at radius 2 is 2.05 bits per heavy atom. The van der Waals surface area contributed by atoms with Gasteiger partial charge >= 0.3 is 0 Å². The molecule has 0 saturated heterocycles. The molecule has 2 N–H and O–H groups in total. The minimum Gasteiger partial charge on any atom is -0.496 e. The average Bonchev–Trinajstić information content (AvgIpc) is 2.36. The van der Waals surface area contributed by atoms with E-state index in [4.69, 9.17) is 10.5 Å². The summed E-state index contributed by atoms with van der Waals surface area (Å²) >= 11 is 0. The second-order valence-electron chi connectivity index (χ2n) is 5.19. The number of carbonyl (C=O) groups is 1. The van der Waals surface area contributed by atoms with Gasteiger partial charge in [0.05, 0.1) is 12.7 Å². The summed E-state index contributed by atoms with van der Waals surface area (Å²) in [6.45, 7) is 7.17. The maximum absolute atomic E-state index is 12.5. The van der Waals surface area contributed by atoms with Crippen molar-refractivity contribution in [1.29, 1.82) is 0 Å². The lowest BCUT2D eigenvalue weighted by Crippen LogP contribution is -2.33. The van der Waals surface area contributed by atoms with Crippen LogP contribution in [0.4, 0.5) is 0 Å². The van der Waals surface area contributed by atoms with Crippen molar-refractivity contribution >= 4 is 5.91 Å². The first-order valence-corrected chi connectivity index (χ1v) is 6.51. The topological polar surface area (TPSA) is 55.6 Å². The summed E-state index contributed by atoms with van der Waals surface area (Å²) in [7, 11) is 3.39. The van der Waals surface area contributed by atoms with Crippen molar-refractivity contribution in [3.63, 3.8) is 0 Å². The zero-order valence-corrected chi connectivity index (χ0v) is 12.5. The van der Waals surface area contributed by atoms with E-state index in [9.17, 15) is 4.79 Å². The molecule has 0 saturated carbocycles. The van der Waals surface area contributed by atoms with Gasteiger partial charge in [0.25, 0.3) is 5.91 Å². The first-order chi connectivity index (χ1) is 8.90. The van der Waals surface area contributed by atoms with Gasteiger partial charge in [0.15, 0.2) is 0 Å². The van der Waals surface area contributed by atoms with E-state index in [0.717, 1.165) is 11.1 Å². The summed E-state index contributed by atoms with van der Waals surface area (Å²) in [6, 6.07) is 3.88. The third kappa shape index (κ3) is 3.70. The van der Waals surface area contributed by atoms with Crippen LogP contribution in [0, 0.1) is 19.8 Å². The van der Waals surface area contributed by atoms with E-state index in [1.807, 2.05) is 32.9 Å². The molecule has 0 heterocycles. The zero-order chi connectivity index (χ0) is 14.6. The molecule has 0 aliphatic rings. The molecule has 1 amide bonds. The second-order valence-corrected chi connectivity index (χ2v) is 5.19. The Balaban J connectivity index is 3.05. The number of methoxy groups -OCH3 is 1. The van der Waals surface area contributed by atoms with Crippen molar-refractivity contribution in [2.45, 2.75) is 20.8 Å². The predicted octanol–water partition coefficient (Wildman–Crippen LogP) is 1.98. The van der Waals surface area contributed by atoms with Crippen LogP contribution in [-0.2, 0) is 0 Å². The molecule has 0 bridgehead atoms. The summed E-state index contributed by atoms with van der Waals surface area (Å²) in [5.74, 6) is 0.914. The highest BCUT2D eigenvalue weighted by Crippen LogP contribution is 2.26. The molecule has 1 rings (SSSR count). The molecule has 0 spiro atoms. The highest BCUT2D eigenvalue weighted by molar-refractivity contribution is 5.97. The third-order valence-electron chi connectivity index (χ3n) is 3.19.